The van der Waals surface area contributed by atoms with Crippen LogP contribution in [-0.2, 0) is 13.1 Å². The topological polar surface area (TPSA) is 55.0 Å². The first-order chi connectivity index (χ1) is 9.65. The fourth-order valence-corrected chi connectivity index (χ4v) is 2.32. The molecule has 0 bridgehead atoms. The average Bonchev–Trinajstić information content (AvgIpc) is 2.44. The molecule has 0 amide bonds. The molecular weight excluding hydrogens is 248 g/mol. The number of nitrogens with zero attached hydrogens (tertiary/aromatic N) is 3. The first-order valence-electron chi connectivity index (χ1n) is 6.97. The molecule has 0 fully saturated rings. The van der Waals surface area contributed by atoms with Gasteiger partial charge in [0.05, 0.1) is 12.2 Å². The van der Waals surface area contributed by atoms with Gasteiger partial charge in [-0.2, -0.15) is 0 Å². The first kappa shape index (κ1) is 14.5. The second-order valence-electron chi connectivity index (χ2n) is 4.92. The highest BCUT2D eigenvalue weighted by Crippen LogP contribution is 2.21. The summed E-state index contributed by atoms with van der Waals surface area (Å²) >= 11 is 0. The summed E-state index contributed by atoms with van der Waals surface area (Å²) in [7, 11) is 0. The molecule has 2 aromatic rings. The predicted molar refractivity (Wildman–Crippen MR) is 82.6 cm³/mol. The molecule has 4 heteroatoms. The predicted octanol–water partition coefficient (Wildman–Crippen LogP) is 2.58. The van der Waals surface area contributed by atoms with Gasteiger partial charge in [-0.15, -0.1) is 0 Å². The van der Waals surface area contributed by atoms with Crippen LogP contribution in [0.4, 0.5) is 5.82 Å². The number of hydrogen-bond acceptors (Lipinski definition) is 4. The van der Waals surface area contributed by atoms with E-state index in [0.717, 1.165) is 35.9 Å². The summed E-state index contributed by atoms with van der Waals surface area (Å²) in [6.45, 7) is 8.34. The molecular formula is C16H22N4. The Morgan fingerprint density at radius 1 is 1.20 bits per heavy atom. The van der Waals surface area contributed by atoms with Crippen LogP contribution < -0.4 is 10.6 Å². The molecule has 4 nitrogen and oxygen atoms in total. The van der Waals surface area contributed by atoms with E-state index in [4.69, 9.17) is 5.73 Å². The van der Waals surface area contributed by atoms with Gasteiger partial charge in [-0.3, -0.25) is 4.98 Å². The van der Waals surface area contributed by atoms with Crippen molar-refractivity contribution in [2.45, 2.75) is 33.9 Å². The van der Waals surface area contributed by atoms with Gasteiger partial charge in [0, 0.05) is 30.5 Å². The lowest BCUT2D eigenvalue weighted by Gasteiger charge is -2.24. The third-order valence-electron chi connectivity index (χ3n) is 3.45. The van der Waals surface area contributed by atoms with Crippen molar-refractivity contribution in [3.8, 4) is 0 Å². The summed E-state index contributed by atoms with van der Waals surface area (Å²) in [5.74, 6) is 0.971. The summed E-state index contributed by atoms with van der Waals surface area (Å²) in [6, 6.07) is 8.10. The quantitative estimate of drug-likeness (QED) is 0.907. The van der Waals surface area contributed by atoms with E-state index in [-0.39, 0.29) is 0 Å². The number of aryl methyl sites for hydroxylation is 2. The highest BCUT2D eigenvalue weighted by atomic mass is 15.2. The summed E-state index contributed by atoms with van der Waals surface area (Å²) < 4.78 is 0. The molecule has 20 heavy (non-hydrogen) atoms. The Kier molecular flexibility index (Phi) is 4.69. The van der Waals surface area contributed by atoms with Gasteiger partial charge in [-0.05, 0) is 44.5 Å². The molecule has 2 N–H and O–H groups in total. The fourth-order valence-electron chi connectivity index (χ4n) is 2.32. The zero-order chi connectivity index (χ0) is 14.5. The van der Waals surface area contributed by atoms with Crippen molar-refractivity contribution in [3.63, 3.8) is 0 Å². The van der Waals surface area contributed by atoms with Gasteiger partial charge >= 0.3 is 0 Å². The Morgan fingerprint density at radius 3 is 2.65 bits per heavy atom. The molecule has 0 unspecified atom stereocenters. The molecule has 2 aromatic heterocycles. The van der Waals surface area contributed by atoms with Crippen molar-refractivity contribution in [3.05, 3.63) is 53.0 Å². The van der Waals surface area contributed by atoms with E-state index in [1.165, 1.54) is 5.56 Å². The Labute approximate surface area is 120 Å². The van der Waals surface area contributed by atoms with Crippen molar-refractivity contribution in [1.82, 2.24) is 9.97 Å². The molecule has 0 radical (unpaired) electrons. The molecule has 0 saturated carbocycles. The van der Waals surface area contributed by atoms with E-state index in [1.54, 1.807) is 0 Å². The maximum atomic E-state index is 5.88. The van der Waals surface area contributed by atoms with Crippen molar-refractivity contribution in [2.24, 2.45) is 5.73 Å². The number of pyridine rings is 2. The van der Waals surface area contributed by atoms with Gasteiger partial charge in [-0.1, -0.05) is 6.07 Å². The van der Waals surface area contributed by atoms with E-state index in [9.17, 15) is 0 Å². The summed E-state index contributed by atoms with van der Waals surface area (Å²) in [5, 5.41) is 0. The first-order valence-corrected chi connectivity index (χ1v) is 6.97. The normalized spacial score (nSPS) is 10.6. The Morgan fingerprint density at radius 2 is 2.00 bits per heavy atom. The summed E-state index contributed by atoms with van der Waals surface area (Å²) in [5.41, 5.74) is 10.3. The second-order valence-corrected chi connectivity index (χ2v) is 4.92. The van der Waals surface area contributed by atoms with Crippen LogP contribution in [0.3, 0.4) is 0 Å². The number of aromatic nitrogens is 2. The summed E-state index contributed by atoms with van der Waals surface area (Å²) in [6.07, 6.45) is 1.84. The van der Waals surface area contributed by atoms with Gasteiger partial charge < -0.3 is 10.6 Å². The fraction of sp³-hybridized carbons (Fsp3) is 0.375. The zero-order valence-electron chi connectivity index (χ0n) is 12.4. The van der Waals surface area contributed by atoms with Gasteiger partial charge in [-0.25, -0.2) is 4.98 Å². The number of rotatable bonds is 5. The van der Waals surface area contributed by atoms with E-state index < -0.39 is 0 Å². The molecule has 2 heterocycles. The zero-order valence-corrected chi connectivity index (χ0v) is 12.4. The van der Waals surface area contributed by atoms with E-state index >= 15 is 0 Å². The lowest BCUT2D eigenvalue weighted by atomic mass is 10.1. The maximum absolute atomic E-state index is 5.88. The summed E-state index contributed by atoms with van der Waals surface area (Å²) in [4.78, 5) is 11.3. The minimum absolute atomic E-state index is 0.507. The Balaban J connectivity index is 2.31. The van der Waals surface area contributed by atoms with Gasteiger partial charge in [0.1, 0.15) is 5.82 Å². The minimum atomic E-state index is 0.507. The van der Waals surface area contributed by atoms with Crippen LogP contribution >= 0.6 is 0 Å². The lowest BCUT2D eigenvalue weighted by Crippen LogP contribution is -2.26. The second kappa shape index (κ2) is 6.48. The van der Waals surface area contributed by atoms with Gasteiger partial charge in [0.25, 0.3) is 0 Å². The third kappa shape index (κ3) is 3.14. The smallest absolute Gasteiger partial charge is 0.133 e. The number of hydrogen-bond donors (Lipinski definition) is 1. The van der Waals surface area contributed by atoms with Crippen molar-refractivity contribution >= 4 is 5.82 Å². The van der Waals surface area contributed by atoms with Crippen LogP contribution in [0.15, 0.2) is 30.5 Å². The van der Waals surface area contributed by atoms with E-state index in [2.05, 4.69) is 28.7 Å². The molecule has 2 rings (SSSR count). The molecule has 0 aliphatic carbocycles. The highest BCUT2D eigenvalue weighted by Gasteiger charge is 2.13. The van der Waals surface area contributed by atoms with Crippen LogP contribution in [0.1, 0.15) is 29.4 Å². The molecule has 0 aliphatic rings. The van der Waals surface area contributed by atoms with Gasteiger partial charge in [0.2, 0.25) is 0 Å². The molecule has 0 aromatic carbocycles. The van der Waals surface area contributed by atoms with E-state index in [1.807, 2.05) is 37.4 Å². The van der Waals surface area contributed by atoms with Crippen LogP contribution in [0.2, 0.25) is 0 Å². The monoisotopic (exact) mass is 270 g/mol. The minimum Gasteiger partial charge on any atom is -0.351 e. The molecule has 0 atom stereocenters. The average molecular weight is 270 g/mol. The maximum Gasteiger partial charge on any atom is 0.133 e. The third-order valence-corrected chi connectivity index (χ3v) is 3.45. The molecule has 0 aliphatic heterocycles. The Bertz CT molecular complexity index is 580. The lowest BCUT2D eigenvalue weighted by molar-refractivity contribution is 0.779. The molecule has 0 saturated heterocycles. The van der Waals surface area contributed by atoms with Crippen LogP contribution in [-0.4, -0.2) is 16.5 Å². The van der Waals surface area contributed by atoms with Crippen LogP contribution in [0, 0.1) is 13.8 Å². The van der Waals surface area contributed by atoms with Gasteiger partial charge in [0.15, 0.2) is 0 Å². The largest absolute Gasteiger partial charge is 0.351 e. The van der Waals surface area contributed by atoms with E-state index in [0.29, 0.717) is 6.54 Å². The standard InChI is InChI=1S/C16H22N4/c1-4-20(11-14-7-5-6-13(3)19-14)16-15(10-17)12(2)8-9-18-16/h5-9H,4,10-11,17H2,1-3H3. The van der Waals surface area contributed by atoms with Crippen molar-refractivity contribution < 1.29 is 0 Å². The van der Waals surface area contributed by atoms with Crippen molar-refractivity contribution in [2.75, 3.05) is 11.4 Å². The van der Waals surface area contributed by atoms with Crippen LogP contribution in [0.25, 0.3) is 0 Å². The molecule has 106 valence electrons. The van der Waals surface area contributed by atoms with Crippen LogP contribution in [0.5, 0.6) is 0 Å². The number of nitrogens with two attached hydrogens (primary N) is 1. The highest BCUT2D eigenvalue weighted by molar-refractivity contribution is 5.50. The number of anilines is 1. The SMILES string of the molecule is CCN(Cc1cccc(C)n1)c1nccc(C)c1CN. The van der Waals surface area contributed by atoms with Crippen molar-refractivity contribution in [1.29, 1.82) is 0 Å². The molecule has 0 spiro atoms. The Hall–Kier alpha value is -1.94.